The number of hydrogen-bond donors (Lipinski definition) is 0. The summed E-state index contributed by atoms with van der Waals surface area (Å²) < 4.78 is 18.8. The molecule has 1 aromatic heterocycles. The smallest absolute Gasteiger partial charge is 0.254 e. The molecule has 20 heavy (non-hydrogen) atoms. The molecule has 0 bridgehead atoms. The maximum Gasteiger partial charge on any atom is 0.254 e. The maximum atomic E-state index is 13.6. The monoisotopic (exact) mass is 279 g/mol. The second kappa shape index (κ2) is 5.85. The van der Waals surface area contributed by atoms with Gasteiger partial charge in [-0.25, -0.2) is 4.39 Å². The van der Waals surface area contributed by atoms with Crippen molar-refractivity contribution >= 4 is 5.91 Å². The zero-order valence-corrected chi connectivity index (χ0v) is 11.2. The lowest BCUT2D eigenvalue weighted by Gasteiger charge is -2.38. The number of pyridine rings is 1. The summed E-state index contributed by atoms with van der Waals surface area (Å²) in [4.78, 5) is 20.1. The van der Waals surface area contributed by atoms with Gasteiger partial charge < -0.3 is 9.64 Å². The highest BCUT2D eigenvalue weighted by molar-refractivity contribution is 5.94. The number of carbonyl (C=O) groups is 1. The second-order valence-corrected chi connectivity index (χ2v) is 5.18. The summed E-state index contributed by atoms with van der Waals surface area (Å²) in [6.45, 7) is 3.31. The van der Waals surface area contributed by atoms with E-state index in [2.05, 4.69) is 9.88 Å². The van der Waals surface area contributed by atoms with Crippen LogP contribution < -0.4 is 0 Å². The molecule has 2 fully saturated rings. The first-order valence-corrected chi connectivity index (χ1v) is 6.91. The van der Waals surface area contributed by atoms with Gasteiger partial charge in [-0.2, -0.15) is 0 Å². The number of rotatable bonds is 2. The third-order valence-electron chi connectivity index (χ3n) is 3.98. The summed E-state index contributed by atoms with van der Waals surface area (Å²) >= 11 is 0. The zero-order valence-electron chi connectivity index (χ0n) is 11.2. The van der Waals surface area contributed by atoms with Crippen molar-refractivity contribution in [1.82, 2.24) is 14.8 Å². The molecule has 108 valence electrons. The van der Waals surface area contributed by atoms with E-state index >= 15 is 0 Å². The lowest BCUT2D eigenvalue weighted by Crippen LogP contribution is -2.54. The number of ether oxygens (including phenoxy) is 1. The molecule has 1 amide bonds. The van der Waals surface area contributed by atoms with Gasteiger partial charge in [0.2, 0.25) is 0 Å². The van der Waals surface area contributed by atoms with Crippen LogP contribution in [-0.2, 0) is 4.74 Å². The molecule has 6 heteroatoms. The fraction of sp³-hybridized carbons (Fsp3) is 0.571. The van der Waals surface area contributed by atoms with E-state index in [-0.39, 0.29) is 18.6 Å². The normalized spacial score (nSPS) is 27.8. The molecule has 2 aliphatic heterocycles. The molecule has 3 heterocycles. The van der Waals surface area contributed by atoms with E-state index in [0.717, 1.165) is 0 Å². The first-order chi connectivity index (χ1) is 9.75. The molecule has 2 saturated heterocycles. The SMILES string of the molecule is O=C(c1ccncc1)N1CCN(C2COCC2F)CC1. The Balaban J connectivity index is 1.57. The van der Waals surface area contributed by atoms with Crippen molar-refractivity contribution in [1.29, 1.82) is 0 Å². The highest BCUT2D eigenvalue weighted by Gasteiger charge is 2.35. The lowest BCUT2D eigenvalue weighted by molar-refractivity contribution is 0.0495. The average molecular weight is 279 g/mol. The van der Waals surface area contributed by atoms with Crippen molar-refractivity contribution in [2.75, 3.05) is 39.4 Å². The molecular weight excluding hydrogens is 261 g/mol. The van der Waals surface area contributed by atoms with Crippen LogP contribution in [0.15, 0.2) is 24.5 Å². The van der Waals surface area contributed by atoms with E-state index in [4.69, 9.17) is 4.74 Å². The predicted molar refractivity (Wildman–Crippen MR) is 71.2 cm³/mol. The summed E-state index contributed by atoms with van der Waals surface area (Å²) in [6.07, 6.45) is 2.33. The first-order valence-electron chi connectivity index (χ1n) is 6.91. The van der Waals surface area contributed by atoms with Gasteiger partial charge in [0.15, 0.2) is 0 Å². The van der Waals surface area contributed by atoms with Crippen LogP contribution in [0.4, 0.5) is 4.39 Å². The van der Waals surface area contributed by atoms with Crippen LogP contribution in [0.1, 0.15) is 10.4 Å². The van der Waals surface area contributed by atoms with Crippen LogP contribution >= 0.6 is 0 Å². The standard InChI is InChI=1S/C14H18FN3O2/c15-12-9-20-10-13(12)17-5-7-18(8-6-17)14(19)11-1-3-16-4-2-11/h1-4,12-13H,5-10H2. The molecule has 0 radical (unpaired) electrons. The van der Waals surface area contributed by atoms with E-state index in [1.807, 2.05) is 4.90 Å². The molecular formula is C14H18FN3O2. The minimum atomic E-state index is -0.905. The number of alkyl halides is 1. The van der Waals surface area contributed by atoms with E-state index in [9.17, 15) is 9.18 Å². The topological polar surface area (TPSA) is 45.7 Å². The minimum Gasteiger partial charge on any atom is -0.377 e. The van der Waals surface area contributed by atoms with Crippen LogP contribution in [0.5, 0.6) is 0 Å². The van der Waals surface area contributed by atoms with Gasteiger partial charge in [-0.05, 0) is 12.1 Å². The van der Waals surface area contributed by atoms with Crippen LogP contribution in [0.2, 0.25) is 0 Å². The highest BCUT2D eigenvalue weighted by Crippen LogP contribution is 2.18. The van der Waals surface area contributed by atoms with Gasteiger partial charge in [-0.3, -0.25) is 14.7 Å². The van der Waals surface area contributed by atoms with Crippen molar-refractivity contribution in [2.45, 2.75) is 12.2 Å². The quantitative estimate of drug-likeness (QED) is 0.794. The Morgan fingerprint density at radius 2 is 1.90 bits per heavy atom. The Bertz CT molecular complexity index is 463. The molecule has 2 unspecified atom stereocenters. The number of carbonyl (C=O) groups excluding carboxylic acids is 1. The Morgan fingerprint density at radius 1 is 1.20 bits per heavy atom. The maximum absolute atomic E-state index is 13.6. The number of hydrogen-bond acceptors (Lipinski definition) is 4. The largest absolute Gasteiger partial charge is 0.377 e. The van der Waals surface area contributed by atoms with Crippen LogP contribution in [0.3, 0.4) is 0 Å². The third-order valence-corrected chi connectivity index (χ3v) is 3.98. The van der Waals surface area contributed by atoms with Crippen molar-refractivity contribution in [3.8, 4) is 0 Å². The Kier molecular flexibility index (Phi) is 3.93. The van der Waals surface area contributed by atoms with Gasteiger partial charge in [-0.1, -0.05) is 0 Å². The van der Waals surface area contributed by atoms with Gasteiger partial charge in [0.25, 0.3) is 5.91 Å². The number of amides is 1. The Hall–Kier alpha value is -1.53. The molecule has 0 aromatic carbocycles. The van der Waals surface area contributed by atoms with Gasteiger partial charge in [0.1, 0.15) is 6.17 Å². The average Bonchev–Trinajstić information content (AvgIpc) is 2.94. The molecule has 0 spiro atoms. The highest BCUT2D eigenvalue weighted by atomic mass is 19.1. The van der Waals surface area contributed by atoms with Crippen LogP contribution in [0.25, 0.3) is 0 Å². The Morgan fingerprint density at radius 3 is 2.50 bits per heavy atom. The number of aromatic nitrogens is 1. The zero-order chi connectivity index (χ0) is 13.9. The fourth-order valence-electron chi connectivity index (χ4n) is 2.78. The summed E-state index contributed by atoms with van der Waals surface area (Å²) in [5.74, 6) is 0.0199. The van der Waals surface area contributed by atoms with Crippen molar-refractivity contribution in [2.24, 2.45) is 0 Å². The van der Waals surface area contributed by atoms with Crippen molar-refractivity contribution < 1.29 is 13.9 Å². The Labute approximate surface area is 117 Å². The van der Waals surface area contributed by atoms with Gasteiger partial charge in [0.05, 0.1) is 19.3 Å². The van der Waals surface area contributed by atoms with E-state index in [0.29, 0.717) is 38.3 Å². The molecule has 0 N–H and O–H groups in total. The second-order valence-electron chi connectivity index (χ2n) is 5.18. The van der Waals surface area contributed by atoms with Gasteiger partial charge in [0, 0.05) is 44.1 Å². The number of piperazine rings is 1. The van der Waals surface area contributed by atoms with Gasteiger partial charge in [-0.15, -0.1) is 0 Å². The molecule has 0 aliphatic carbocycles. The van der Waals surface area contributed by atoms with Crippen molar-refractivity contribution in [3.63, 3.8) is 0 Å². The third kappa shape index (κ3) is 2.66. The lowest BCUT2D eigenvalue weighted by atomic mass is 10.1. The van der Waals surface area contributed by atoms with Crippen LogP contribution in [0, 0.1) is 0 Å². The molecule has 3 rings (SSSR count). The minimum absolute atomic E-state index is 0.0199. The fourth-order valence-corrected chi connectivity index (χ4v) is 2.78. The van der Waals surface area contributed by atoms with E-state index in [1.165, 1.54) is 0 Å². The first kappa shape index (κ1) is 13.5. The predicted octanol–water partition coefficient (Wildman–Crippen LogP) is 0.576. The summed E-state index contributed by atoms with van der Waals surface area (Å²) in [6, 6.07) is 3.29. The van der Waals surface area contributed by atoms with E-state index in [1.54, 1.807) is 24.5 Å². The molecule has 2 atom stereocenters. The summed E-state index contributed by atoms with van der Waals surface area (Å²) in [5, 5.41) is 0. The molecule has 5 nitrogen and oxygen atoms in total. The summed E-state index contributed by atoms with van der Waals surface area (Å²) in [7, 11) is 0. The summed E-state index contributed by atoms with van der Waals surface area (Å²) in [5.41, 5.74) is 0.654. The number of nitrogens with zero attached hydrogens (tertiary/aromatic N) is 3. The van der Waals surface area contributed by atoms with Crippen molar-refractivity contribution in [3.05, 3.63) is 30.1 Å². The number of halogens is 1. The molecule has 0 saturated carbocycles. The molecule has 2 aliphatic rings. The molecule has 1 aromatic rings. The van der Waals surface area contributed by atoms with E-state index < -0.39 is 6.17 Å². The van der Waals surface area contributed by atoms with Crippen LogP contribution in [-0.4, -0.2) is 72.3 Å². The van der Waals surface area contributed by atoms with Gasteiger partial charge >= 0.3 is 0 Å².